The van der Waals surface area contributed by atoms with Gasteiger partial charge in [0.1, 0.15) is 18.0 Å². The molecule has 0 unspecified atom stereocenters. The molecule has 0 spiro atoms. The Morgan fingerprint density at radius 1 is 1.18 bits per heavy atom. The third kappa shape index (κ3) is 6.30. The molecule has 0 fully saturated rings. The van der Waals surface area contributed by atoms with Crippen molar-refractivity contribution in [2.45, 2.75) is 0 Å². The van der Waals surface area contributed by atoms with E-state index in [4.69, 9.17) is 0 Å². The maximum absolute atomic E-state index is 12.0. The summed E-state index contributed by atoms with van der Waals surface area (Å²) in [5.41, 5.74) is 1.41. The van der Waals surface area contributed by atoms with Crippen LogP contribution in [0.3, 0.4) is 0 Å². The van der Waals surface area contributed by atoms with E-state index in [9.17, 15) is 4.79 Å². The summed E-state index contributed by atoms with van der Waals surface area (Å²) in [5.74, 6) is 0.756. The number of nitrogens with zero attached hydrogens (tertiary/aromatic N) is 4. The molecule has 1 amide bonds. The zero-order chi connectivity index (χ0) is 20.4. The van der Waals surface area contributed by atoms with Gasteiger partial charge in [-0.3, -0.25) is 4.79 Å². The molecular formula is C21H24N6O. The van der Waals surface area contributed by atoms with Gasteiger partial charge in [0.25, 0.3) is 0 Å². The van der Waals surface area contributed by atoms with Gasteiger partial charge in [-0.15, -0.1) is 0 Å². The largest absolute Gasteiger partial charge is 0.340 e. The maximum Gasteiger partial charge on any atom is 0.249 e. The Balaban J connectivity index is 2.25. The second kappa shape index (κ2) is 10.5. The molecule has 7 nitrogen and oxygen atoms in total. The predicted octanol–water partition coefficient (Wildman–Crippen LogP) is 3.31. The van der Waals surface area contributed by atoms with Crippen LogP contribution in [0, 0.1) is 0 Å². The molecule has 2 aromatic rings. The van der Waals surface area contributed by atoms with Gasteiger partial charge in [0.15, 0.2) is 0 Å². The summed E-state index contributed by atoms with van der Waals surface area (Å²) >= 11 is 0. The Hall–Kier alpha value is -3.58. The first-order chi connectivity index (χ1) is 13.5. The molecule has 28 heavy (non-hydrogen) atoms. The van der Waals surface area contributed by atoms with Gasteiger partial charge < -0.3 is 15.5 Å². The summed E-state index contributed by atoms with van der Waals surface area (Å²) in [6.45, 7) is 8.11. The third-order valence-electron chi connectivity index (χ3n) is 3.52. The molecule has 0 atom stereocenters. The van der Waals surface area contributed by atoms with E-state index < -0.39 is 0 Å². The standard InChI is InChI=1S/C21H24N6O/c1-5-7-8-10-16(6-2)25-21-17-13-19(22-14-18(17)23-15-24-21)26-20(28)11-9-12-27(3)4/h5-11,13-15H,1-2,12H2,3-4H3,(H,22,26,28)(H,23,24,25)/b8-7-,11-9+,16-10+. The quantitative estimate of drug-likeness (QED) is 0.516. The van der Waals surface area contributed by atoms with Crippen molar-refractivity contribution in [3.8, 4) is 0 Å². The van der Waals surface area contributed by atoms with E-state index in [0.29, 0.717) is 23.7 Å². The lowest BCUT2D eigenvalue weighted by atomic mass is 10.2. The molecule has 0 saturated carbocycles. The molecule has 2 aromatic heterocycles. The second-order valence-electron chi connectivity index (χ2n) is 6.03. The lowest BCUT2D eigenvalue weighted by Gasteiger charge is -2.10. The third-order valence-corrected chi connectivity index (χ3v) is 3.52. The molecule has 2 heterocycles. The highest BCUT2D eigenvalue weighted by Crippen LogP contribution is 2.22. The van der Waals surface area contributed by atoms with Gasteiger partial charge in [0, 0.05) is 23.7 Å². The van der Waals surface area contributed by atoms with Crippen LogP contribution in [-0.2, 0) is 4.79 Å². The number of aromatic nitrogens is 3. The zero-order valence-corrected chi connectivity index (χ0v) is 16.1. The summed E-state index contributed by atoms with van der Waals surface area (Å²) < 4.78 is 0. The van der Waals surface area contributed by atoms with E-state index in [1.54, 1.807) is 30.5 Å². The number of likely N-dealkylation sites (N-methyl/N-ethyl adjacent to an activating group) is 1. The molecule has 144 valence electrons. The molecular weight excluding hydrogens is 352 g/mol. The lowest BCUT2D eigenvalue weighted by molar-refractivity contribution is -0.111. The minimum atomic E-state index is -0.249. The topological polar surface area (TPSA) is 83.0 Å². The number of hydrogen-bond donors (Lipinski definition) is 2. The molecule has 0 aliphatic heterocycles. The fourth-order valence-corrected chi connectivity index (χ4v) is 2.20. The average Bonchev–Trinajstić information content (AvgIpc) is 2.67. The number of carbonyl (C=O) groups excluding carboxylic acids is 1. The number of anilines is 2. The first-order valence-electron chi connectivity index (χ1n) is 8.65. The van der Waals surface area contributed by atoms with Crippen molar-refractivity contribution < 1.29 is 4.79 Å². The number of rotatable bonds is 9. The first kappa shape index (κ1) is 20.7. The van der Waals surface area contributed by atoms with E-state index in [1.165, 1.54) is 12.4 Å². The molecule has 0 aromatic carbocycles. The molecule has 0 aliphatic carbocycles. The van der Waals surface area contributed by atoms with Crippen molar-refractivity contribution in [3.05, 3.63) is 80.0 Å². The van der Waals surface area contributed by atoms with Crippen molar-refractivity contribution in [2.75, 3.05) is 31.3 Å². The van der Waals surface area contributed by atoms with E-state index in [2.05, 4.69) is 38.7 Å². The summed E-state index contributed by atoms with van der Waals surface area (Å²) in [6.07, 6.45) is 15.2. The van der Waals surface area contributed by atoms with Crippen LogP contribution < -0.4 is 10.6 Å². The molecule has 0 saturated heterocycles. The number of hydrogen-bond acceptors (Lipinski definition) is 6. The van der Waals surface area contributed by atoms with Gasteiger partial charge in [-0.1, -0.05) is 37.5 Å². The molecule has 2 N–H and O–H groups in total. The number of allylic oxidation sites excluding steroid dienone is 5. The Morgan fingerprint density at radius 2 is 2.00 bits per heavy atom. The summed E-state index contributed by atoms with van der Waals surface area (Å²) in [7, 11) is 3.86. The smallest absolute Gasteiger partial charge is 0.249 e. The van der Waals surface area contributed by atoms with Crippen LogP contribution in [0.5, 0.6) is 0 Å². The van der Waals surface area contributed by atoms with Gasteiger partial charge in [0.05, 0.1) is 11.7 Å². The van der Waals surface area contributed by atoms with Crippen LogP contribution >= 0.6 is 0 Å². The number of fused-ring (bicyclic) bond motifs is 1. The van der Waals surface area contributed by atoms with Gasteiger partial charge in [-0.25, -0.2) is 15.0 Å². The highest BCUT2D eigenvalue weighted by atomic mass is 16.1. The van der Waals surface area contributed by atoms with Crippen LogP contribution in [-0.4, -0.2) is 46.4 Å². The number of nitrogens with one attached hydrogen (secondary N) is 2. The van der Waals surface area contributed by atoms with Crippen molar-refractivity contribution in [3.63, 3.8) is 0 Å². The van der Waals surface area contributed by atoms with E-state index in [-0.39, 0.29) is 5.91 Å². The number of carbonyl (C=O) groups is 1. The van der Waals surface area contributed by atoms with E-state index >= 15 is 0 Å². The van der Waals surface area contributed by atoms with Crippen LogP contribution in [0.25, 0.3) is 10.9 Å². The molecule has 0 radical (unpaired) electrons. The monoisotopic (exact) mass is 376 g/mol. The van der Waals surface area contributed by atoms with Gasteiger partial charge >= 0.3 is 0 Å². The average molecular weight is 376 g/mol. The van der Waals surface area contributed by atoms with Crippen LogP contribution in [0.2, 0.25) is 0 Å². The Kier molecular flexibility index (Phi) is 7.80. The molecule has 0 aliphatic rings. The summed E-state index contributed by atoms with van der Waals surface area (Å²) in [4.78, 5) is 26.8. The second-order valence-corrected chi connectivity index (χ2v) is 6.03. The van der Waals surface area contributed by atoms with Crippen LogP contribution in [0.15, 0.2) is 80.0 Å². The highest BCUT2D eigenvalue weighted by Gasteiger charge is 2.08. The predicted molar refractivity (Wildman–Crippen MR) is 115 cm³/mol. The fourth-order valence-electron chi connectivity index (χ4n) is 2.20. The Labute approximate surface area is 164 Å². The molecule has 2 rings (SSSR count). The Morgan fingerprint density at radius 3 is 2.71 bits per heavy atom. The van der Waals surface area contributed by atoms with Gasteiger partial charge in [0.2, 0.25) is 5.91 Å². The SMILES string of the molecule is C=C/C=C\C=C(/C=C)Nc1ncnc2cnc(NC(=O)/C=C/CN(C)C)cc12. The van der Waals surface area contributed by atoms with Crippen LogP contribution in [0.1, 0.15) is 0 Å². The summed E-state index contributed by atoms with van der Waals surface area (Å²) in [5, 5.41) is 6.68. The van der Waals surface area contributed by atoms with Crippen LogP contribution in [0.4, 0.5) is 11.6 Å². The van der Waals surface area contributed by atoms with Crippen molar-refractivity contribution in [1.82, 2.24) is 19.9 Å². The van der Waals surface area contributed by atoms with Gasteiger partial charge in [-0.2, -0.15) is 0 Å². The van der Waals surface area contributed by atoms with Crippen molar-refractivity contribution in [1.29, 1.82) is 0 Å². The lowest BCUT2D eigenvalue weighted by Crippen LogP contribution is -2.13. The maximum atomic E-state index is 12.0. The van der Waals surface area contributed by atoms with E-state index in [0.717, 1.165) is 11.1 Å². The van der Waals surface area contributed by atoms with Gasteiger partial charge in [-0.05, 0) is 32.3 Å². The molecule has 7 heteroatoms. The minimum Gasteiger partial charge on any atom is -0.340 e. The number of pyridine rings is 1. The highest BCUT2D eigenvalue weighted by molar-refractivity contribution is 6.00. The summed E-state index contributed by atoms with van der Waals surface area (Å²) in [6, 6.07) is 1.73. The van der Waals surface area contributed by atoms with E-state index in [1.807, 2.05) is 37.2 Å². The van der Waals surface area contributed by atoms with Crippen molar-refractivity contribution in [2.24, 2.45) is 0 Å². The normalized spacial score (nSPS) is 12.0. The minimum absolute atomic E-state index is 0.249. The number of amides is 1. The fraction of sp³-hybridized carbons (Fsp3) is 0.143. The molecule has 0 bridgehead atoms. The first-order valence-corrected chi connectivity index (χ1v) is 8.65. The van der Waals surface area contributed by atoms with Crippen molar-refractivity contribution >= 4 is 28.4 Å². The Bertz CT molecular complexity index is 943. The zero-order valence-electron chi connectivity index (χ0n) is 16.1.